The summed E-state index contributed by atoms with van der Waals surface area (Å²) in [5.41, 5.74) is 0. The number of carbonyl (C=O) groups is 4. The molecule has 0 saturated heterocycles. The quantitative estimate of drug-likeness (QED) is 0.100. The van der Waals surface area contributed by atoms with E-state index in [1.165, 1.54) is 89.9 Å². The molecule has 0 amide bonds. The van der Waals surface area contributed by atoms with Crippen LogP contribution < -0.4 is 0 Å². The molecule has 0 unspecified atom stereocenters. The molecule has 8 heteroatoms. The maximum Gasteiger partial charge on any atom is 0.331 e. The molecule has 0 aromatic rings. The zero-order valence-electron chi connectivity index (χ0n) is 20.7. The lowest BCUT2D eigenvalue weighted by atomic mass is 10.0. The summed E-state index contributed by atoms with van der Waals surface area (Å²) < 4.78 is 4.92. The van der Waals surface area contributed by atoms with E-state index in [0.29, 0.717) is 18.8 Å². The molecular formula is C26H44O8. The monoisotopic (exact) mass is 484 g/mol. The lowest BCUT2D eigenvalue weighted by Crippen LogP contribution is -2.03. The molecule has 0 heterocycles. The second kappa shape index (κ2) is 26.6. The molecule has 0 saturated carbocycles. The SMILES string of the molecule is CCCCCCCCCCCCCCCCCCOC(=O)/C=C\C(=O)O.O=C(O)/C=C\C(=O)O. The van der Waals surface area contributed by atoms with Crippen LogP contribution in [0.15, 0.2) is 24.3 Å². The zero-order chi connectivity index (χ0) is 25.9. The van der Waals surface area contributed by atoms with Gasteiger partial charge in [-0.05, 0) is 6.42 Å². The Morgan fingerprint density at radius 3 is 1.12 bits per heavy atom. The number of aliphatic carboxylic acids is 3. The second-order valence-corrected chi connectivity index (χ2v) is 8.15. The predicted octanol–water partition coefficient (Wildman–Crippen LogP) is 6.14. The van der Waals surface area contributed by atoms with Gasteiger partial charge in [0.25, 0.3) is 0 Å². The fourth-order valence-corrected chi connectivity index (χ4v) is 3.15. The number of carboxylic acid groups (broad SMARTS) is 3. The smallest absolute Gasteiger partial charge is 0.331 e. The maximum atomic E-state index is 11.1. The maximum absolute atomic E-state index is 11.1. The molecule has 0 aromatic carbocycles. The largest absolute Gasteiger partial charge is 0.478 e. The summed E-state index contributed by atoms with van der Waals surface area (Å²) >= 11 is 0. The Kier molecular flexibility index (Phi) is 26.2. The van der Waals surface area contributed by atoms with Crippen molar-refractivity contribution < 1.29 is 39.2 Å². The Balaban J connectivity index is 0. The highest BCUT2D eigenvalue weighted by Crippen LogP contribution is 2.13. The van der Waals surface area contributed by atoms with Crippen molar-refractivity contribution in [3.05, 3.63) is 24.3 Å². The number of carbonyl (C=O) groups excluding carboxylic acids is 1. The van der Waals surface area contributed by atoms with Crippen molar-refractivity contribution in [1.29, 1.82) is 0 Å². The molecular weight excluding hydrogens is 440 g/mol. The molecule has 196 valence electrons. The van der Waals surface area contributed by atoms with Crippen LogP contribution in [-0.2, 0) is 23.9 Å². The third kappa shape index (κ3) is 34.0. The first-order valence-electron chi connectivity index (χ1n) is 12.5. The normalized spacial score (nSPS) is 10.7. The van der Waals surface area contributed by atoms with Gasteiger partial charge in [0.1, 0.15) is 0 Å². The molecule has 3 N–H and O–H groups in total. The van der Waals surface area contributed by atoms with E-state index < -0.39 is 23.9 Å². The first kappa shape index (κ1) is 33.5. The number of esters is 1. The van der Waals surface area contributed by atoms with Gasteiger partial charge in [0.15, 0.2) is 0 Å². The predicted molar refractivity (Wildman–Crippen MR) is 132 cm³/mol. The Bertz CT molecular complexity index is 580. The minimum Gasteiger partial charge on any atom is -0.478 e. The van der Waals surface area contributed by atoms with E-state index in [-0.39, 0.29) is 0 Å². The molecule has 8 nitrogen and oxygen atoms in total. The van der Waals surface area contributed by atoms with Crippen LogP contribution in [0.1, 0.15) is 110 Å². The van der Waals surface area contributed by atoms with Crippen molar-refractivity contribution in [3.8, 4) is 0 Å². The van der Waals surface area contributed by atoms with Crippen LogP contribution in [0.3, 0.4) is 0 Å². The van der Waals surface area contributed by atoms with Crippen molar-refractivity contribution >= 4 is 23.9 Å². The Hall–Kier alpha value is -2.64. The topological polar surface area (TPSA) is 138 Å². The molecule has 0 aromatic heterocycles. The van der Waals surface area contributed by atoms with Gasteiger partial charge < -0.3 is 20.1 Å². The fourth-order valence-electron chi connectivity index (χ4n) is 3.15. The average molecular weight is 485 g/mol. The summed E-state index contributed by atoms with van der Waals surface area (Å²) in [6.45, 7) is 2.64. The van der Waals surface area contributed by atoms with Crippen molar-refractivity contribution in [3.63, 3.8) is 0 Å². The molecule has 0 spiro atoms. The molecule has 0 atom stereocenters. The van der Waals surface area contributed by atoms with E-state index in [9.17, 15) is 19.2 Å². The van der Waals surface area contributed by atoms with Gasteiger partial charge in [0, 0.05) is 24.3 Å². The molecule has 0 aliphatic rings. The van der Waals surface area contributed by atoms with Gasteiger partial charge in [-0.15, -0.1) is 0 Å². The minimum atomic E-state index is -1.26. The van der Waals surface area contributed by atoms with Gasteiger partial charge >= 0.3 is 23.9 Å². The third-order valence-electron chi connectivity index (χ3n) is 4.97. The average Bonchev–Trinajstić information content (AvgIpc) is 2.78. The van der Waals surface area contributed by atoms with Crippen LogP contribution in [0.5, 0.6) is 0 Å². The van der Waals surface area contributed by atoms with Crippen molar-refractivity contribution in [2.45, 2.75) is 110 Å². The molecule has 0 fully saturated rings. The van der Waals surface area contributed by atoms with Gasteiger partial charge in [-0.1, -0.05) is 103 Å². The van der Waals surface area contributed by atoms with Crippen LogP contribution >= 0.6 is 0 Å². The summed E-state index contributed by atoms with van der Waals surface area (Å²) in [6.07, 6.45) is 23.8. The van der Waals surface area contributed by atoms with E-state index in [1.807, 2.05) is 0 Å². The molecule has 0 aliphatic carbocycles. The molecule has 0 aliphatic heterocycles. The Morgan fingerprint density at radius 1 is 0.500 bits per heavy atom. The van der Waals surface area contributed by atoms with E-state index >= 15 is 0 Å². The van der Waals surface area contributed by atoms with E-state index in [2.05, 4.69) is 6.92 Å². The van der Waals surface area contributed by atoms with Crippen molar-refractivity contribution in [2.75, 3.05) is 6.61 Å². The van der Waals surface area contributed by atoms with Crippen molar-refractivity contribution in [1.82, 2.24) is 0 Å². The highest BCUT2D eigenvalue weighted by molar-refractivity contribution is 5.90. The van der Waals surface area contributed by atoms with Gasteiger partial charge in [0.2, 0.25) is 0 Å². The number of unbranched alkanes of at least 4 members (excludes halogenated alkanes) is 15. The summed E-state index contributed by atoms with van der Waals surface area (Å²) in [5, 5.41) is 24.0. The van der Waals surface area contributed by atoms with E-state index in [1.54, 1.807) is 0 Å². The number of rotatable bonds is 21. The highest BCUT2D eigenvalue weighted by atomic mass is 16.5. The highest BCUT2D eigenvalue weighted by Gasteiger charge is 1.99. The van der Waals surface area contributed by atoms with Crippen LogP contribution in [0, 0.1) is 0 Å². The molecule has 0 radical (unpaired) electrons. The third-order valence-corrected chi connectivity index (χ3v) is 4.97. The van der Waals surface area contributed by atoms with E-state index in [0.717, 1.165) is 25.0 Å². The summed E-state index contributed by atoms with van der Waals surface area (Å²) in [6, 6.07) is 0. The summed E-state index contributed by atoms with van der Waals surface area (Å²) in [4.78, 5) is 40.5. The van der Waals surface area contributed by atoms with Crippen LogP contribution in [0.4, 0.5) is 0 Å². The Morgan fingerprint density at radius 2 is 0.794 bits per heavy atom. The first-order chi connectivity index (χ1) is 16.3. The number of ether oxygens (including phenoxy) is 1. The minimum absolute atomic E-state index is 0.376. The number of carboxylic acids is 3. The van der Waals surface area contributed by atoms with Crippen LogP contribution in [-0.4, -0.2) is 45.8 Å². The van der Waals surface area contributed by atoms with Gasteiger partial charge in [0.05, 0.1) is 6.61 Å². The van der Waals surface area contributed by atoms with Crippen LogP contribution in [0.2, 0.25) is 0 Å². The van der Waals surface area contributed by atoms with E-state index in [4.69, 9.17) is 20.1 Å². The first-order valence-corrected chi connectivity index (χ1v) is 12.5. The van der Waals surface area contributed by atoms with Crippen molar-refractivity contribution in [2.24, 2.45) is 0 Å². The molecule has 0 bridgehead atoms. The summed E-state index contributed by atoms with van der Waals surface area (Å²) in [5.74, 6) is -4.22. The summed E-state index contributed by atoms with van der Waals surface area (Å²) in [7, 11) is 0. The molecule has 34 heavy (non-hydrogen) atoms. The van der Waals surface area contributed by atoms with Gasteiger partial charge in [-0.2, -0.15) is 0 Å². The standard InChI is InChI=1S/C22H40O4.C4H4O4/c1-2-3-4-5-6-7-8-9-10-11-12-13-14-15-16-17-20-26-22(25)19-18-21(23)24;5-3(6)1-2-4(7)8/h18-19H,2-17,20H2,1H3,(H,23,24);1-2H,(H,5,6)(H,7,8)/b19-18-;2-1-. The number of hydrogen-bond acceptors (Lipinski definition) is 5. The van der Waals surface area contributed by atoms with Crippen LogP contribution in [0.25, 0.3) is 0 Å². The van der Waals surface area contributed by atoms with Gasteiger partial charge in [-0.25, -0.2) is 19.2 Å². The lowest BCUT2D eigenvalue weighted by molar-refractivity contribution is -0.138. The lowest BCUT2D eigenvalue weighted by Gasteiger charge is -2.04. The second-order valence-electron chi connectivity index (χ2n) is 8.15. The fraction of sp³-hybridized carbons (Fsp3) is 0.692. The van der Waals surface area contributed by atoms with Gasteiger partial charge in [-0.3, -0.25) is 0 Å². The number of hydrogen-bond donors (Lipinski definition) is 3. The Labute approximate surface area is 204 Å². The molecule has 0 rings (SSSR count). The zero-order valence-corrected chi connectivity index (χ0v) is 20.7.